The van der Waals surface area contributed by atoms with E-state index in [0.717, 1.165) is 11.1 Å². The smallest absolute Gasteiger partial charge is 0.253 e. The first-order chi connectivity index (χ1) is 9.12. The number of aryl methyl sites for hydroxylation is 1. The molecule has 0 spiro atoms. The van der Waals surface area contributed by atoms with Crippen LogP contribution in [0, 0.1) is 18.8 Å². The van der Waals surface area contributed by atoms with Crippen LogP contribution in [-0.2, 0) is 0 Å². The summed E-state index contributed by atoms with van der Waals surface area (Å²) in [5.41, 5.74) is 2.52. The number of carbonyl (C=O) groups is 1. The molecule has 1 aromatic carbocycles. The van der Waals surface area contributed by atoms with Crippen molar-refractivity contribution in [2.24, 2.45) is 0 Å². The second-order valence-corrected chi connectivity index (χ2v) is 4.34. The van der Waals surface area contributed by atoms with Crippen molar-refractivity contribution in [3.05, 3.63) is 34.9 Å². The van der Waals surface area contributed by atoms with Gasteiger partial charge >= 0.3 is 0 Å². The third-order valence-electron chi connectivity index (χ3n) is 2.84. The van der Waals surface area contributed by atoms with Crippen LogP contribution in [0.25, 0.3) is 0 Å². The largest absolute Gasteiger partial charge is 0.395 e. The highest BCUT2D eigenvalue weighted by molar-refractivity contribution is 5.94. The maximum absolute atomic E-state index is 12.3. The molecule has 0 unspecified atom stereocenters. The van der Waals surface area contributed by atoms with Crippen molar-refractivity contribution in [3.8, 4) is 11.8 Å². The van der Waals surface area contributed by atoms with Gasteiger partial charge in [0.1, 0.15) is 0 Å². The van der Waals surface area contributed by atoms with Crippen LogP contribution in [0.3, 0.4) is 0 Å². The minimum Gasteiger partial charge on any atom is -0.395 e. The Kier molecular flexibility index (Phi) is 6.11. The van der Waals surface area contributed by atoms with E-state index in [0.29, 0.717) is 25.1 Å². The summed E-state index contributed by atoms with van der Waals surface area (Å²) in [6.45, 7) is 7.36. The summed E-state index contributed by atoms with van der Waals surface area (Å²) in [6, 6.07) is 5.65. The standard InChI is InChI=1S/C16H21NO2/c1-4-17(5-2)16(19)15-11-13(3)10-14(12-15)8-6-7-9-18/h10-12,18H,4-5,7,9H2,1-3H3. The lowest BCUT2D eigenvalue weighted by molar-refractivity contribution is 0.0773. The van der Waals surface area contributed by atoms with Gasteiger partial charge in [-0.1, -0.05) is 11.8 Å². The predicted molar refractivity (Wildman–Crippen MR) is 77.0 cm³/mol. The first kappa shape index (κ1) is 15.3. The molecule has 1 rings (SSSR count). The van der Waals surface area contributed by atoms with Gasteiger partial charge in [0.25, 0.3) is 5.91 Å². The molecule has 102 valence electrons. The van der Waals surface area contributed by atoms with E-state index in [9.17, 15) is 4.79 Å². The van der Waals surface area contributed by atoms with Crippen LogP contribution in [0.4, 0.5) is 0 Å². The van der Waals surface area contributed by atoms with Gasteiger partial charge in [-0.3, -0.25) is 4.79 Å². The number of aliphatic hydroxyl groups excluding tert-OH is 1. The van der Waals surface area contributed by atoms with Crippen LogP contribution < -0.4 is 0 Å². The first-order valence-corrected chi connectivity index (χ1v) is 6.63. The quantitative estimate of drug-likeness (QED) is 0.842. The molecule has 0 saturated heterocycles. The van der Waals surface area contributed by atoms with Crippen LogP contribution in [0.15, 0.2) is 18.2 Å². The van der Waals surface area contributed by atoms with Crippen molar-refractivity contribution in [1.82, 2.24) is 4.90 Å². The highest BCUT2D eigenvalue weighted by Crippen LogP contribution is 2.11. The number of carbonyl (C=O) groups excluding carboxylic acids is 1. The van der Waals surface area contributed by atoms with Crippen molar-refractivity contribution < 1.29 is 9.90 Å². The molecule has 3 nitrogen and oxygen atoms in total. The average Bonchev–Trinajstić information content (AvgIpc) is 2.39. The van der Waals surface area contributed by atoms with Crippen molar-refractivity contribution in [3.63, 3.8) is 0 Å². The maximum atomic E-state index is 12.3. The topological polar surface area (TPSA) is 40.5 Å². The Labute approximate surface area is 115 Å². The van der Waals surface area contributed by atoms with Crippen molar-refractivity contribution >= 4 is 5.91 Å². The Hall–Kier alpha value is -1.79. The van der Waals surface area contributed by atoms with E-state index in [1.54, 1.807) is 4.90 Å². The summed E-state index contributed by atoms with van der Waals surface area (Å²) in [7, 11) is 0. The van der Waals surface area contributed by atoms with Crippen LogP contribution >= 0.6 is 0 Å². The van der Waals surface area contributed by atoms with Gasteiger partial charge in [0.15, 0.2) is 0 Å². The monoisotopic (exact) mass is 259 g/mol. The lowest BCUT2D eigenvalue weighted by atomic mass is 10.1. The van der Waals surface area contributed by atoms with Gasteiger partial charge < -0.3 is 10.0 Å². The van der Waals surface area contributed by atoms with Gasteiger partial charge in [0.05, 0.1) is 6.61 Å². The maximum Gasteiger partial charge on any atom is 0.253 e. The number of rotatable bonds is 4. The number of aliphatic hydroxyl groups is 1. The van der Waals surface area contributed by atoms with Gasteiger partial charge in [-0.2, -0.15) is 0 Å². The fraction of sp³-hybridized carbons (Fsp3) is 0.438. The zero-order valence-electron chi connectivity index (χ0n) is 11.9. The van der Waals surface area contributed by atoms with Gasteiger partial charge in [0, 0.05) is 30.6 Å². The fourth-order valence-corrected chi connectivity index (χ4v) is 1.89. The van der Waals surface area contributed by atoms with Crippen molar-refractivity contribution in [1.29, 1.82) is 0 Å². The Morgan fingerprint density at radius 3 is 2.53 bits per heavy atom. The Balaban J connectivity index is 3.03. The van der Waals surface area contributed by atoms with Crippen LogP contribution in [-0.4, -0.2) is 35.6 Å². The molecule has 0 fully saturated rings. The van der Waals surface area contributed by atoms with E-state index < -0.39 is 0 Å². The molecule has 1 N–H and O–H groups in total. The molecule has 0 aromatic heterocycles. The summed E-state index contributed by atoms with van der Waals surface area (Å²) in [6.07, 6.45) is 0.452. The minimum absolute atomic E-state index is 0.0407. The predicted octanol–water partition coefficient (Wildman–Crippen LogP) is 2.21. The zero-order valence-corrected chi connectivity index (χ0v) is 11.9. The van der Waals surface area contributed by atoms with Gasteiger partial charge in [-0.15, -0.1) is 0 Å². The second-order valence-electron chi connectivity index (χ2n) is 4.34. The minimum atomic E-state index is 0.0407. The molecule has 0 saturated carbocycles. The molecule has 0 radical (unpaired) electrons. The molecule has 0 heterocycles. The summed E-state index contributed by atoms with van der Waals surface area (Å²) < 4.78 is 0. The summed E-state index contributed by atoms with van der Waals surface area (Å²) >= 11 is 0. The normalized spacial score (nSPS) is 9.68. The molecular formula is C16H21NO2. The second kappa shape index (κ2) is 7.60. The number of hydrogen-bond donors (Lipinski definition) is 1. The number of amides is 1. The lowest BCUT2D eigenvalue weighted by Gasteiger charge is -2.19. The highest BCUT2D eigenvalue weighted by Gasteiger charge is 2.12. The van der Waals surface area contributed by atoms with E-state index in [2.05, 4.69) is 11.8 Å². The van der Waals surface area contributed by atoms with Crippen LogP contribution in [0.2, 0.25) is 0 Å². The SMILES string of the molecule is CCN(CC)C(=O)c1cc(C)cc(C#CCCO)c1. The summed E-state index contributed by atoms with van der Waals surface area (Å²) in [5, 5.41) is 8.72. The molecule has 0 aliphatic heterocycles. The average molecular weight is 259 g/mol. The third kappa shape index (κ3) is 4.42. The van der Waals surface area contributed by atoms with Gasteiger partial charge in [-0.25, -0.2) is 0 Å². The Bertz CT molecular complexity index is 493. The van der Waals surface area contributed by atoms with Crippen LogP contribution in [0.5, 0.6) is 0 Å². The van der Waals surface area contributed by atoms with Crippen molar-refractivity contribution in [2.45, 2.75) is 27.2 Å². The molecule has 3 heteroatoms. The number of benzene rings is 1. The van der Waals surface area contributed by atoms with E-state index in [-0.39, 0.29) is 12.5 Å². The number of hydrogen-bond acceptors (Lipinski definition) is 2. The number of nitrogens with zero attached hydrogens (tertiary/aromatic N) is 1. The van der Waals surface area contributed by atoms with Gasteiger partial charge in [-0.05, 0) is 44.5 Å². The summed E-state index contributed by atoms with van der Waals surface area (Å²) in [4.78, 5) is 14.1. The van der Waals surface area contributed by atoms with E-state index in [4.69, 9.17) is 5.11 Å². The Morgan fingerprint density at radius 1 is 1.26 bits per heavy atom. The third-order valence-corrected chi connectivity index (χ3v) is 2.84. The molecule has 0 aliphatic carbocycles. The Morgan fingerprint density at radius 2 is 1.95 bits per heavy atom. The van der Waals surface area contributed by atoms with E-state index >= 15 is 0 Å². The summed E-state index contributed by atoms with van der Waals surface area (Å²) in [5.74, 6) is 5.89. The molecule has 0 bridgehead atoms. The molecule has 19 heavy (non-hydrogen) atoms. The van der Waals surface area contributed by atoms with Gasteiger partial charge in [0.2, 0.25) is 0 Å². The molecule has 0 atom stereocenters. The van der Waals surface area contributed by atoms with E-state index in [1.807, 2.05) is 39.0 Å². The van der Waals surface area contributed by atoms with Crippen LogP contribution in [0.1, 0.15) is 41.8 Å². The highest BCUT2D eigenvalue weighted by atomic mass is 16.2. The fourth-order valence-electron chi connectivity index (χ4n) is 1.89. The molecular weight excluding hydrogens is 238 g/mol. The zero-order chi connectivity index (χ0) is 14.3. The van der Waals surface area contributed by atoms with E-state index in [1.165, 1.54) is 0 Å². The molecule has 0 aliphatic rings. The lowest BCUT2D eigenvalue weighted by Crippen LogP contribution is -2.30. The molecule has 1 aromatic rings. The molecule has 1 amide bonds. The first-order valence-electron chi connectivity index (χ1n) is 6.63. The van der Waals surface area contributed by atoms with Crippen molar-refractivity contribution in [2.75, 3.05) is 19.7 Å².